The van der Waals surface area contributed by atoms with E-state index in [1.807, 2.05) is 24.3 Å². The van der Waals surface area contributed by atoms with Crippen LogP contribution in [0.3, 0.4) is 0 Å². The molecule has 1 aromatic heterocycles. The zero-order chi connectivity index (χ0) is 22.5. The molecule has 170 valence electrons. The number of rotatable bonds is 8. The van der Waals surface area contributed by atoms with Gasteiger partial charge in [-0.25, -0.2) is 0 Å². The van der Waals surface area contributed by atoms with Crippen LogP contribution in [0.4, 0.5) is 5.69 Å². The molecule has 1 N–H and O–H groups in total. The molecule has 2 aliphatic carbocycles. The van der Waals surface area contributed by atoms with Crippen LogP contribution in [0, 0.1) is 11.8 Å². The summed E-state index contributed by atoms with van der Waals surface area (Å²) < 4.78 is 0. The van der Waals surface area contributed by atoms with E-state index in [4.69, 9.17) is 11.6 Å². The largest absolute Gasteiger partial charge is 0.352 e. The van der Waals surface area contributed by atoms with Crippen LogP contribution in [-0.2, 0) is 4.79 Å². The van der Waals surface area contributed by atoms with Crippen molar-refractivity contribution in [2.24, 2.45) is 11.8 Å². The van der Waals surface area contributed by atoms with Crippen molar-refractivity contribution in [1.29, 1.82) is 0 Å². The first-order valence-electron chi connectivity index (χ1n) is 11.8. The molecule has 0 atom stereocenters. The summed E-state index contributed by atoms with van der Waals surface area (Å²) in [5.41, 5.74) is 2.91. The molecular formula is C26H32ClN3O2. The molecule has 2 amide bonds. The minimum absolute atomic E-state index is 0.00327. The number of carbonyl (C=O) groups is 2. The number of halogens is 1. The topological polar surface area (TPSA) is 62.3 Å². The second-order valence-corrected chi connectivity index (χ2v) is 9.63. The number of hydrogen-bond donors (Lipinski definition) is 1. The molecule has 32 heavy (non-hydrogen) atoms. The Morgan fingerprint density at radius 2 is 1.84 bits per heavy atom. The number of amides is 2. The number of anilines is 1. The quantitative estimate of drug-likeness (QED) is 0.544. The van der Waals surface area contributed by atoms with E-state index in [2.05, 4.69) is 10.3 Å². The summed E-state index contributed by atoms with van der Waals surface area (Å²) >= 11 is 6.54. The number of nitrogens with one attached hydrogen (secondary N) is 1. The average molecular weight is 454 g/mol. The first-order valence-corrected chi connectivity index (χ1v) is 12.2. The summed E-state index contributed by atoms with van der Waals surface area (Å²) in [6, 6.07) is 9.29. The molecule has 6 heteroatoms. The second kappa shape index (κ2) is 10.5. The van der Waals surface area contributed by atoms with Crippen molar-refractivity contribution < 1.29 is 9.59 Å². The fraction of sp³-hybridized carbons (Fsp3) is 0.500. The van der Waals surface area contributed by atoms with E-state index in [-0.39, 0.29) is 11.8 Å². The maximum Gasteiger partial charge on any atom is 0.252 e. The Hall–Kier alpha value is -2.40. The standard InChI is InChI=1S/C26H32ClN3O2/c1-18(31)30(17-20-7-8-20)25-12-10-21(15-23(25)27)24-11-9-22(16-29-24)26(32)28-14-13-19-5-3-2-4-6-19/h9-12,15-16,19-20H,2-8,13-14,17H2,1H3,(H,28,32). The number of hydrogen-bond acceptors (Lipinski definition) is 3. The third-order valence-corrected chi connectivity index (χ3v) is 6.94. The van der Waals surface area contributed by atoms with E-state index in [9.17, 15) is 9.59 Å². The molecule has 0 spiro atoms. The van der Waals surface area contributed by atoms with Gasteiger partial charge in [0.1, 0.15) is 0 Å². The van der Waals surface area contributed by atoms with Gasteiger partial charge in [-0.3, -0.25) is 14.6 Å². The van der Waals surface area contributed by atoms with Crippen LogP contribution >= 0.6 is 11.6 Å². The first-order chi connectivity index (χ1) is 15.5. The van der Waals surface area contributed by atoms with Gasteiger partial charge in [-0.05, 0) is 55.4 Å². The minimum atomic E-state index is -0.0783. The number of nitrogens with zero attached hydrogens (tertiary/aromatic N) is 2. The van der Waals surface area contributed by atoms with Crippen LogP contribution in [0.15, 0.2) is 36.5 Å². The average Bonchev–Trinajstić information content (AvgIpc) is 3.63. The Labute approximate surface area is 195 Å². The second-order valence-electron chi connectivity index (χ2n) is 9.22. The maximum absolute atomic E-state index is 12.5. The van der Waals surface area contributed by atoms with E-state index in [1.165, 1.54) is 44.9 Å². The van der Waals surface area contributed by atoms with Crippen molar-refractivity contribution in [2.45, 2.75) is 58.3 Å². The molecule has 2 saturated carbocycles. The van der Waals surface area contributed by atoms with Crippen molar-refractivity contribution in [3.63, 3.8) is 0 Å². The Kier molecular flexibility index (Phi) is 7.46. The molecular weight excluding hydrogens is 422 g/mol. The number of pyridine rings is 1. The smallest absolute Gasteiger partial charge is 0.252 e. The molecule has 0 radical (unpaired) electrons. The maximum atomic E-state index is 12.5. The summed E-state index contributed by atoms with van der Waals surface area (Å²) in [5, 5.41) is 3.56. The summed E-state index contributed by atoms with van der Waals surface area (Å²) in [7, 11) is 0. The highest BCUT2D eigenvalue weighted by atomic mass is 35.5. The highest BCUT2D eigenvalue weighted by molar-refractivity contribution is 6.34. The van der Waals surface area contributed by atoms with Gasteiger partial charge in [0.05, 0.1) is 22.0 Å². The Morgan fingerprint density at radius 3 is 2.47 bits per heavy atom. The van der Waals surface area contributed by atoms with Crippen molar-refractivity contribution >= 4 is 29.1 Å². The van der Waals surface area contributed by atoms with Crippen LogP contribution in [0.1, 0.15) is 68.6 Å². The summed E-state index contributed by atoms with van der Waals surface area (Å²) in [6.45, 7) is 3.01. The van der Waals surface area contributed by atoms with E-state index >= 15 is 0 Å². The van der Waals surface area contributed by atoms with Gasteiger partial charge in [0, 0.05) is 31.8 Å². The normalized spacial score (nSPS) is 16.6. The van der Waals surface area contributed by atoms with E-state index in [1.54, 1.807) is 24.1 Å². The van der Waals surface area contributed by atoms with Crippen molar-refractivity contribution in [3.8, 4) is 11.3 Å². The Morgan fingerprint density at radius 1 is 1.06 bits per heavy atom. The van der Waals surface area contributed by atoms with E-state index in [0.717, 1.165) is 42.4 Å². The van der Waals surface area contributed by atoms with Gasteiger partial charge in [-0.2, -0.15) is 0 Å². The van der Waals surface area contributed by atoms with Crippen LogP contribution in [0.5, 0.6) is 0 Å². The van der Waals surface area contributed by atoms with Gasteiger partial charge in [0.25, 0.3) is 5.91 Å². The third-order valence-electron chi connectivity index (χ3n) is 6.64. The molecule has 1 heterocycles. The lowest BCUT2D eigenvalue weighted by atomic mass is 9.87. The SMILES string of the molecule is CC(=O)N(CC1CC1)c1ccc(-c2ccc(C(=O)NCCC3CCCCC3)cn2)cc1Cl. The lowest BCUT2D eigenvalue weighted by Crippen LogP contribution is -2.30. The van der Waals surface area contributed by atoms with Gasteiger partial charge in [0.2, 0.25) is 5.91 Å². The summed E-state index contributed by atoms with van der Waals surface area (Å²) in [5.74, 6) is 1.26. The van der Waals surface area contributed by atoms with Crippen molar-refractivity contribution in [3.05, 3.63) is 47.1 Å². The molecule has 2 fully saturated rings. The van der Waals surface area contributed by atoms with E-state index in [0.29, 0.717) is 16.5 Å². The minimum Gasteiger partial charge on any atom is -0.352 e. The molecule has 0 bridgehead atoms. The van der Waals surface area contributed by atoms with Gasteiger partial charge >= 0.3 is 0 Å². The summed E-state index contributed by atoms with van der Waals surface area (Å²) in [4.78, 5) is 30.8. The number of carbonyl (C=O) groups excluding carboxylic acids is 2. The molecule has 1 aromatic carbocycles. The number of aromatic nitrogens is 1. The number of benzene rings is 1. The zero-order valence-electron chi connectivity index (χ0n) is 18.8. The van der Waals surface area contributed by atoms with Gasteiger partial charge in [-0.15, -0.1) is 0 Å². The molecule has 0 saturated heterocycles. The highest BCUT2D eigenvalue weighted by Crippen LogP contribution is 2.35. The Balaban J connectivity index is 1.37. The van der Waals surface area contributed by atoms with Crippen LogP contribution < -0.4 is 10.2 Å². The molecule has 0 unspecified atom stereocenters. The Bertz CT molecular complexity index is 950. The van der Waals surface area contributed by atoms with Crippen LogP contribution in [0.25, 0.3) is 11.3 Å². The molecule has 4 rings (SSSR count). The van der Waals surface area contributed by atoms with Gasteiger partial charge < -0.3 is 10.2 Å². The fourth-order valence-electron chi connectivity index (χ4n) is 4.51. The first kappa shape index (κ1) is 22.8. The monoisotopic (exact) mass is 453 g/mol. The lowest BCUT2D eigenvalue weighted by Gasteiger charge is -2.22. The van der Waals surface area contributed by atoms with Gasteiger partial charge in [0.15, 0.2) is 0 Å². The predicted octanol–water partition coefficient (Wildman–Crippen LogP) is 5.87. The molecule has 5 nitrogen and oxygen atoms in total. The van der Waals surface area contributed by atoms with Gasteiger partial charge in [-0.1, -0.05) is 49.8 Å². The zero-order valence-corrected chi connectivity index (χ0v) is 19.5. The third kappa shape index (κ3) is 5.89. The summed E-state index contributed by atoms with van der Waals surface area (Å²) in [6.07, 6.45) is 11.6. The van der Waals surface area contributed by atoms with Crippen molar-refractivity contribution in [2.75, 3.05) is 18.0 Å². The van der Waals surface area contributed by atoms with E-state index < -0.39 is 0 Å². The van der Waals surface area contributed by atoms with Crippen LogP contribution in [0.2, 0.25) is 5.02 Å². The predicted molar refractivity (Wildman–Crippen MR) is 129 cm³/mol. The van der Waals surface area contributed by atoms with Crippen LogP contribution in [-0.4, -0.2) is 29.9 Å². The molecule has 2 aromatic rings. The lowest BCUT2D eigenvalue weighted by molar-refractivity contribution is -0.116. The molecule has 0 aliphatic heterocycles. The molecule has 2 aliphatic rings. The van der Waals surface area contributed by atoms with Crippen molar-refractivity contribution in [1.82, 2.24) is 10.3 Å². The highest BCUT2D eigenvalue weighted by Gasteiger charge is 2.27. The fourth-order valence-corrected chi connectivity index (χ4v) is 4.79.